The van der Waals surface area contributed by atoms with Gasteiger partial charge in [0.15, 0.2) is 0 Å². The van der Waals surface area contributed by atoms with Crippen LogP contribution in [0, 0.1) is 11.7 Å². The Morgan fingerprint density at radius 2 is 1.94 bits per heavy atom. The molecule has 2 heterocycles. The molecule has 0 aliphatic carbocycles. The Morgan fingerprint density at radius 1 is 1.17 bits per heavy atom. The number of carbonyl (C=O) groups excluding carboxylic acids is 3. The fourth-order valence-electron chi connectivity index (χ4n) is 4.80. The van der Waals surface area contributed by atoms with Crippen LogP contribution in [0.25, 0.3) is 22.2 Å². The predicted octanol–water partition coefficient (Wildman–Crippen LogP) is 4.17. The highest BCUT2D eigenvalue weighted by Crippen LogP contribution is 2.32. The van der Waals surface area contributed by atoms with Crippen LogP contribution in [0.3, 0.4) is 0 Å². The van der Waals surface area contributed by atoms with Gasteiger partial charge in [0.05, 0.1) is 19.1 Å². The molecule has 0 saturated carbocycles. The van der Waals surface area contributed by atoms with Crippen molar-refractivity contribution in [1.29, 1.82) is 0 Å². The quantitative estimate of drug-likeness (QED) is 0.478. The van der Waals surface area contributed by atoms with Crippen LogP contribution in [0.5, 0.6) is 0 Å². The van der Waals surface area contributed by atoms with E-state index < -0.39 is 0 Å². The van der Waals surface area contributed by atoms with Crippen LogP contribution >= 0.6 is 0 Å². The number of hydrogen-bond donors (Lipinski definition) is 1. The molecule has 1 N–H and O–H groups in total. The first-order valence-electron chi connectivity index (χ1n) is 12.4. The summed E-state index contributed by atoms with van der Waals surface area (Å²) in [5, 5.41) is 0.749. The topological polar surface area (TPSA) is 82.7 Å². The third-order valence-corrected chi connectivity index (χ3v) is 6.71. The van der Waals surface area contributed by atoms with E-state index in [4.69, 9.17) is 4.74 Å². The second kappa shape index (κ2) is 11.4. The van der Waals surface area contributed by atoms with E-state index in [1.165, 1.54) is 17.0 Å². The summed E-state index contributed by atoms with van der Waals surface area (Å²) in [6.07, 6.45) is 2.01. The molecule has 36 heavy (non-hydrogen) atoms. The van der Waals surface area contributed by atoms with Crippen molar-refractivity contribution in [2.75, 3.05) is 33.3 Å². The number of esters is 1. The van der Waals surface area contributed by atoms with Gasteiger partial charge in [-0.2, -0.15) is 0 Å². The number of fused-ring (bicyclic) bond motifs is 1. The van der Waals surface area contributed by atoms with Crippen molar-refractivity contribution in [3.05, 3.63) is 59.9 Å². The lowest BCUT2D eigenvalue weighted by molar-refractivity contribution is -0.152. The number of rotatable bonds is 8. The number of halogens is 1. The zero-order valence-electron chi connectivity index (χ0n) is 20.8. The van der Waals surface area contributed by atoms with E-state index in [1.54, 1.807) is 24.9 Å². The number of hydrogen-bond acceptors (Lipinski definition) is 4. The van der Waals surface area contributed by atoms with E-state index in [1.807, 2.05) is 30.3 Å². The Bertz CT molecular complexity index is 1240. The number of amides is 2. The average molecular weight is 494 g/mol. The molecule has 4 rings (SSSR count). The molecule has 7 nitrogen and oxygen atoms in total. The molecule has 1 saturated heterocycles. The lowest BCUT2D eigenvalue weighted by Gasteiger charge is -2.32. The summed E-state index contributed by atoms with van der Waals surface area (Å²) >= 11 is 0. The van der Waals surface area contributed by atoms with E-state index in [0.717, 1.165) is 34.1 Å². The van der Waals surface area contributed by atoms with Crippen molar-refractivity contribution in [1.82, 2.24) is 14.8 Å². The average Bonchev–Trinajstić information content (AvgIpc) is 3.25. The number of nitrogens with zero attached hydrogens (tertiary/aromatic N) is 2. The monoisotopic (exact) mass is 493 g/mol. The van der Waals surface area contributed by atoms with Crippen molar-refractivity contribution in [3.63, 3.8) is 0 Å². The molecule has 1 fully saturated rings. The maximum absolute atomic E-state index is 14.0. The number of carbonyl (C=O) groups is 3. The number of aryl methyl sites for hydroxylation is 1. The Kier molecular flexibility index (Phi) is 8.03. The number of aromatic nitrogens is 1. The molecule has 2 amide bonds. The van der Waals surface area contributed by atoms with Gasteiger partial charge in [-0.25, -0.2) is 4.39 Å². The lowest BCUT2D eigenvalue weighted by atomic mass is 9.98. The predicted molar refractivity (Wildman–Crippen MR) is 136 cm³/mol. The number of likely N-dealkylation sites (N-methyl/N-ethyl adjacent to an activating group) is 1. The molecule has 8 heteroatoms. The summed E-state index contributed by atoms with van der Waals surface area (Å²) in [7, 11) is 1.61. The number of benzene rings is 2. The highest BCUT2D eigenvalue weighted by Gasteiger charge is 2.30. The minimum atomic E-state index is -0.334. The van der Waals surface area contributed by atoms with Crippen LogP contribution in [0.4, 0.5) is 4.39 Å². The van der Waals surface area contributed by atoms with Crippen molar-refractivity contribution in [2.45, 2.75) is 32.6 Å². The van der Waals surface area contributed by atoms with E-state index in [-0.39, 0.29) is 42.5 Å². The molecule has 1 unspecified atom stereocenters. The molecule has 2 aromatic carbocycles. The van der Waals surface area contributed by atoms with E-state index in [9.17, 15) is 18.8 Å². The van der Waals surface area contributed by atoms with Crippen LogP contribution in [-0.2, 0) is 25.5 Å². The van der Waals surface area contributed by atoms with E-state index >= 15 is 0 Å². The van der Waals surface area contributed by atoms with Gasteiger partial charge in [0.25, 0.3) is 0 Å². The van der Waals surface area contributed by atoms with Gasteiger partial charge < -0.3 is 19.5 Å². The zero-order chi connectivity index (χ0) is 25.7. The minimum Gasteiger partial charge on any atom is -0.466 e. The number of nitrogens with one attached hydrogen (secondary N) is 1. The Balaban J connectivity index is 1.42. The van der Waals surface area contributed by atoms with Crippen molar-refractivity contribution in [2.24, 2.45) is 5.92 Å². The van der Waals surface area contributed by atoms with Gasteiger partial charge in [-0.15, -0.1) is 0 Å². The van der Waals surface area contributed by atoms with Crippen molar-refractivity contribution in [3.8, 4) is 11.3 Å². The normalized spacial score (nSPS) is 15.6. The second-order valence-electron chi connectivity index (χ2n) is 9.22. The summed E-state index contributed by atoms with van der Waals surface area (Å²) < 4.78 is 19.1. The smallest absolute Gasteiger partial charge is 0.310 e. The SMILES string of the molecule is CCOC(=O)C1CCCN(C(=O)CN(C)C(=O)CCc2c(-c3ccccc3)[nH]c3ccc(F)cc23)C1. The van der Waals surface area contributed by atoms with Gasteiger partial charge in [-0.05, 0) is 55.5 Å². The minimum absolute atomic E-state index is 0.0531. The number of likely N-dealkylation sites (tertiary alicyclic amines) is 1. The molecule has 190 valence electrons. The number of aromatic amines is 1. The maximum atomic E-state index is 14.0. The number of ether oxygens (including phenoxy) is 1. The molecule has 0 spiro atoms. The zero-order valence-corrected chi connectivity index (χ0v) is 20.8. The molecule has 1 aliphatic rings. The van der Waals surface area contributed by atoms with Crippen LogP contribution in [-0.4, -0.2) is 65.9 Å². The molecular formula is C28H32FN3O4. The second-order valence-corrected chi connectivity index (χ2v) is 9.22. The Labute approximate surface area is 210 Å². The van der Waals surface area contributed by atoms with Crippen LogP contribution < -0.4 is 0 Å². The standard InChI is InChI=1S/C28H32FN3O4/c1-3-36-28(35)20-10-7-15-32(17-20)26(34)18-31(2)25(33)14-12-22-23-16-21(29)11-13-24(23)30-27(22)19-8-5-4-6-9-19/h4-6,8-9,11,13,16,20,30H,3,7,10,12,14-15,17-18H2,1-2H3. The molecular weight excluding hydrogens is 461 g/mol. The van der Waals surface area contributed by atoms with Crippen molar-refractivity contribution >= 4 is 28.7 Å². The maximum Gasteiger partial charge on any atom is 0.310 e. The number of piperidine rings is 1. The summed E-state index contributed by atoms with van der Waals surface area (Å²) in [6.45, 7) is 2.91. The van der Waals surface area contributed by atoms with Gasteiger partial charge >= 0.3 is 5.97 Å². The summed E-state index contributed by atoms with van der Waals surface area (Å²) in [4.78, 5) is 44.3. The highest BCUT2D eigenvalue weighted by atomic mass is 19.1. The first-order chi connectivity index (χ1) is 17.4. The molecule has 1 aromatic heterocycles. The van der Waals surface area contributed by atoms with Crippen LogP contribution in [0.1, 0.15) is 31.7 Å². The first kappa shape index (κ1) is 25.4. The molecule has 0 radical (unpaired) electrons. The summed E-state index contributed by atoms with van der Waals surface area (Å²) in [6, 6.07) is 14.3. The van der Waals surface area contributed by atoms with Gasteiger partial charge in [0, 0.05) is 43.2 Å². The van der Waals surface area contributed by atoms with Gasteiger partial charge in [0.1, 0.15) is 5.82 Å². The third kappa shape index (κ3) is 5.75. The fourth-order valence-corrected chi connectivity index (χ4v) is 4.80. The van der Waals surface area contributed by atoms with E-state index in [0.29, 0.717) is 32.5 Å². The number of H-pyrrole nitrogens is 1. The highest BCUT2D eigenvalue weighted by molar-refractivity contribution is 5.92. The summed E-state index contributed by atoms with van der Waals surface area (Å²) in [5.41, 5.74) is 3.50. The van der Waals surface area contributed by atoms with Crippen molar-refractivity contribution < 1.29 is 23.5 Å². The Hall–Kier alpha value is -3.68. The molecule has 1 atom stereocenters. The third-order valence-electron chi connectivity index (χ3n) is 6.71. The van der Waals surface area contributed by atoms with Crippen LogP contribution in [0.2, 0.25) is 0 Å². The van der Waals surface area contributed by atoms with Gasteiger partial charge in [0.2, 0.25) is 11.8 Å². The Morgan fingerprint density at radius 3 is 2.69 bits per heavy atom. The molecule has 1 aliphatic heterocycles. The first-order valence-corrected chi connectivity index (χ1v) is 12.4. The largest absolute Gasteiger partial charge is 0.466 e. The van der Waals surface area contributed by atoms with Crippen LogP contribution in [0.15, 0.2) is 48.5 Å². The summed E-state index contributed by atoms with van der Waals surface area (Å²) in [5.74, 6) is -1.28. The molecule has 0 bridgehead atoms. The fraction of sp³-hybridized carbons (Fsp3) is 0.393. The molecule has 3 aromatic rings. The van der Waals surface area contributed by atoms with Gasteiger partial charge in [-0.3, -0.25) is 14.4 Å². The van der Waals surface area contributed by atoms with E-state index in [2.05, 4.69) is 4.98 Å². The van der Waals surface area contributed by atoms with Gasteiger partial charge in [-0.1, -0.05) is 30.3 Å². The lowest BCUT2D eigenvalue weighted by Crippen LogP contribution is -2.47.